The molecule has 0 aromatic heterocycles. The van der Waals surface area contributed by atoms with Crippen LogP contribution in [0.4, 0.5) is 10.1 Å². The van der Waals surface area contributed by atoms with Crippen LogP contribution in [0.25, 0.3) is 0 Å². The predicted octanol–water partition coefficient (Wildman–Crippen LogP) is -0.293. The molecule has 5 nitrogen and oxygen atoms in total. The number of halogens is 1. The molecule has 0 aliphatic rings. The largest absolute Gasteiger partial charge is 0.394 e. The fourth-order valence-corrected chi connectivity index (χ4v) is 1.17. The number of carbonyl (C=O) groups is 1. The fraction of sp³-hybridized carbons (Fsp3) is 0.364. The second-order valence-electron chi connectivity index (χ2n) is 3.50. The van der Waals surface area contributed by atoms with Gasteiger partial charge in [-0.3, -0.25) is 4.79 Å². The highest BCUT2D eigenvalue weighted by Gasteiger charge is 2.07. The average Bonchev–Trinajstić information content (AvgIpc) is 2.32. The minimum absolute atomic E-state index is 0.0641. The van der Waals surface area contributed by atoms with Gasteiger partial charge in [0.05, 0.1) is 24.9 Å². The number of hydrogen-bond acceptors (Lipinski definition) is 4. The SMILES string of the molecule is O=C(CNCC(O)CO)Nc1ccccc1F. The Bertz CT molecular complexity index is 373. The normalized spacial score (nSPS) is 12.2. The van der Waals surface area contributed by atoms with E-state index in [9.17, 15) is 9.18 Å². The second-order valence-corrected chi connectivity index (χ2v) is 3.50. The summed E-state index contributed by atoms with van der Waals surface area (Å²) < 4.78 is 13.1. The molecule has 0 saturated carbocycles. The summed E-state index contributed by atoms with van der Waals surface area (Å²) in [6, 6.07) is 5.84. The third-order valence-corrected chi connectivity index (χ3v) is 2.02. The van der Waals surface area contributed by atoms with Crippen LogP contribution in [0.15, 0.2) is 24.3 Å². The van der Waals surface area contributed by atoms with Crippen molar-refractivity contribution in [2.45, 2.75) is 6.10 Å². The highest BCUT2D eigenvalue weighted by atomic mass is 19.1. The van der Waals surface area contributed by atoms with E-state index in [2.05, 4.69) is 10.6 Å². The Morgan fingerprint density at radius 2 is 2.12 bits per heavy atom. The summed E-state index contributed by atoms with van der Waals surface area (Å²) in [6.45, 7) is -0.339. The zero-order chi connectivity index (χ0) is 12.7. The first-order chi connectivity index (χ1) is 8.13. The monoisotopic (exact) mass is 242 g/mol. The smallest absolute Gasteiger partial charge is 0.238 e. The first-order valence-corrected chi connectivity index (χ1v) is 5.17. The summed E-state index contributed by atoms with van der Waals surface area (Å²) in [4.78, 5) is 11.4. The lowest BCUT2D eigenvalue weighted by molar-refractivity contribution is -0.115. The Morgan fingerprint density at radius 1 is 1.41 bits per heavy atom. The standard InChI is InChI=1S/C11H15FN2O3/c12-9-3-1-2-4-10(9)14-11(17)6-13-5-8(16)7-15/h1-4,8,13,15-16H,5-7H2,(H,14,17). The second kappa shape index (κ2) is 6.95. The van der Waals surface area contributed by atoms with Gasteiger partial charge in [0, 0.05) is 6.54 Å². The zero-order valence-corrected chi connectivity index (χ0v) is 9.19. The van der Waals surface area contributed by atoms with Crippen LogP contribution in [-0.4, -0.2) is 41.9 Å². The van der Waals surface area contributed by atoms with Crippen LogP contribution in [0.5, 0.6) is 0 Å². The van der Waals surface area contributed by atoms with E-state index >= 15 is 0 Å². The topological polar surface area (TPSA) is 81.6 Å². The Labute approximate surface area is 98.3 Å². The van der Waals surface area contributed by atoms with Crippen LogP contribution in [-0.2, 0) is 4.79 Å². The van der Waals surface area contributed by atoms with Gasteiger partial charge in [0.25, 0.3) is 0 Å². The van der Waals surface area contributed by atoms with Gasteiger partial charge in [0.2, 0.25) is 5.91 Å². The maximum Gasteiger partial charge on any atom is 0.238 e. The number of para-hydroxylation sites is 1. The molecule has 17 heavy (non-hydrogen) atoms. The van der Waals surface area contributed by atoms with Crippen LogP contribution < -0.4 is 10.6 Å². The molecule has 0 fully saturated rings. The van der Waals surface area contributed by atoms with Crippen LogP contribution in [0.1, 0.15) is 0 Å². The van der Waals surface area contributed by atoms with Crippen molar-refractivity contribution < 1.29 is 19.4 Å². The first-order valence-electron chi connectivity index (χ1n) is 5.17. The van der Waals surface area contributed by atoms with Crippen molar-refractivity contribution in [3.05, 3.63) is 30.1 Å². The Morgan fingerprint density at radius 3 is 2.76 bits per heavy atom. The molecule has 0 saturated heterocycles. The predicted molar refractivity (Wildman–Crippen MR) is 61.0 cm³/mol. The zero-order valence-electron chi connectivity index (χ0n) is 9.19. The third-order valence-electron chi connectivity index (χ3n) is 2.02. The van der Waals surface area contributed by atoms with Gasteiger partial charge in [0.15, 0.2) is 0 Å². The molecular weight excluding hydrogens is 227 g/mol. The third kappa shape index (κ3) is 4.90. The van der Waals surface area contributed by atoms with Gasteiger partial charge in [-0.1, -0.05) is 12.1 Å². The average molecular weight is 242 g/mol. The molecule has 0 aliphatic heterocycles. The molecular formula is C11H15FN2O3. The van der Waals surface area contributed by atoms with E-state index in [1.165, 1.54) is 18.2 Å². The van der Waals surface area contributed by atoms with E-state index in [1.807, 2.05) is 0 Å². The maximum atomic E-state index is 13.1. The number of hydrogen-bond donors (Lipinski definition) is 4. The number of aliphatic hydroxyl groups excluding tert-OH is 2. The van der Waals surface area contributed by atoms with Crippen molar-refractivity contribution in [2.75, 3.05) is 25.0 Å². The molecule has 94 valence electrons. The molecule has 1 aromatic carbocycles. The van der Waals surface area contributed by atoms with Crippen LogP contribution in [0, 0.1) is 5.82 Å². The molecule has 1 unspecified atom stereocenters. The molecule has 1 aromatic rings. The fourth-order valence-electron chi connectivity index (χ4n) is 1.17. The summed E-state index contributed by atoms with van der Waals surface area (Å²) in [7, 11) is 0. The molecule has 0 bridgehead atoms. The highest BCUT2D eigenvalue weighted by Crippen LogP contribution is 2.11. The molecule has 0 spiro atoms. The van der Waals surface area contributed by atoms with E-state index in [1.54, 1.807) is 6.07 Å². The molecule has 1 rings (SSSR count). The minimum Gasteiger partial charge on any atom is -0.394 e. The van der Waals surface area contributed by atoms with E-state index in [-0.39, 0.29) is 25.4 Å². The van der Waals surface area contributed by atoms with Gasteiger partial charge >= 0.3 is 0 Å². The molecule has 1 amide bonds. The van der Waals surface area contributed by atoms with Crippen molar-refractivity contribution in [3.63, 3.8) is 0 Å². The van der Waals surface area contributed by atoms with Crippen molar-refractivity contribution in [1.82, 2.24) is 5.32 Å². The lowest BCUT2D eigenvalue weighted by atomic mass is 10.3. The summed E-state index contributed by atoms with van der Waals surface area (Å²) in [5.41, 5.74) is 0.113. The van der Waals surface area contributed by atoms with Crippen LogP contribution in [0.3, 0.4) is 0 Å². The minimum atomic E-state index is -0.906. The number of anilines is 1. The molecule has 0 aliphatic carbocycles. The Hall–Kier alpha value is -1.50. The summed E-state index contributed by atoms with van der Waals surface area (Å²) in [5.74, 6) is -0.920. The number of nitrogens with one attached hydrogen (secondary N) is 2. The van der Waals surface area contributed by atoms with Gasteiger partial charge < -0.3 is 20.8 Å². The van der Waals surface area contributed by atoms with Crippen molar-refractivity contribution >= 4 is 11.6 Å². The van der Waals surface area contributed by atoms with E-state index in [0.29, 0.717) is 0 Å². The Kier molecular flexibility index (Phi) is 5.55. The number of carbonyl (C=O) groups excluding carboxylic acids is 1. The van der Waals surface area contributed by atoms with E-state index < -0.39 is 17.8 Å². The number of benzene rings is 1. The van der Waals surface area contributed by atoms with Crippen LogP contribution in [0.2, 0.25) is 0 Å². The van der Waals surface area contributed by atoms with E-state index in [4.69, 9.17) is 10.2 Å². The summed E-state index contributed by atoms with van der Waals surface area (Å²) in [6.07, 6.45) is -0.906. The molecule has 0 radical (unpaired) electrons. The molecule has 4 N–H and O–H groups in total. The number of aliphatic hydroxyl groups is 2. The highest BCUT2D eigenvalue weighted by molar-refractivity contribution is 5.92. The van der Waals surface area contributed by atoms with Gasteiger partial charge in [-0.2, -0.15) is 0 Å². The van der Waals surface area contributed by atoms with Crippen molar-refractivity contribution in [2.24, 2.45) is 0 Å². The maximum absolute atomic E-state index is 13.1. The molecule has 6 heteroatoms. The van der Waals surface area contributed by atoms with Crippen molar-refractivity contribution in [1.29, 1.82) is 0 Å². The lowest BCUT2D eigenvalue weighted by Gasteiger charge is -2.09. The van der Waals surface area contributed by atoms with Crippen molar-refractivity contribution in [3.8, 4) is 0 Å². The summed E-state index contributed by atoms with van der Waals surface area (Å²) in [5, 5.41) is 22.5. The Balaban J connectivity index is 2.33. The number of rotatable bonds is 6. The van der Waals surface area contributed by atoms with Gasteiger partial charge in [-0.25, -0.2) is 4.39 Å². The van der Waals surface area contributed by atoms with Gasteiger partial charge in [-0.15, -0.1) is 0 Å². The summed E-state index contributed by atoms with van der Waals surface area (Å²) >= 11 is 0. The first kappa shape index (κ1) is 13.6. The van der Waals surface area contributed by atoms with Crippen LogP contribution >= 0.6 is 0 Å². The quantitative estimate of drug-likeness (QED) is 0.552. The van der Waals surface area contributed by atoms with Gasteiger partial charge in [-0.05, 0) is 12.1 Å². The van der Waals surface area contributed by atoms with Gasteiger partial charge in [0.1, 0.15) is 5.82 Å². The molecule has 0 heterocycles. The van der Waals surface area contributed by atoms with E-state index in [0.717, 1.165) is 0 Å². The molecule has 1 atom stereocenters. The number of amides is 1. The lowest BCUT2D eigenvalue weighted by Crippen LogP contribution is -2.35.